The molecule has 1 atom stereocenters. The number of aromatic nitrogens is 1. The quantitative estimate of drug-likeness (QED) is 0.688. The Bertz CT molecular complexity index is 1280. The van der Waals surface area contributed by atoms with Crippen molar-refractivity contribution in [3.05, 3.63) is 65.1 Å². The molecule has 0 fully saturated rings. The van der Waals surface area contributed by atoms with Gasteiger partial charge in [-0.15, -0.1) is 0 Å². The van der Waals surface area contributed by atoms with E-state index < -0.39 is 22.0 Å². The Morgan fingerprint density at radius 1 is 1.23 bits per heavy atom. The minimum absolute atomic E-state index is 0.0423. The zero-order valence-corrected chi connectivity index (χ0v) is 17.4. The Balaban J connectivity index is 1.92. The molecule has 0 spiro atoms. The first kappa shape index (κ1) is 20.1. The average Bonchev–Trinajstić information content (AvgIpc) is 3.04. The molecule has 4 rings (SSSR count). The zero-order valence-electron chi connectivity index (χ0n) is 16.6. The Kier molecular flexibility index (Phi) is 4.65. The predicted octanol–water partition coefficient (Wildman–Crippen LogP) is 3.19. The van der Waals surface area contributed by atoms with E-state index in [1.54, 1.807) is 31.2 Å². The molecule has 2 aromatic carbocycles. The second kappa shape index (κ2) is 6.94. The highest BCUT2D eigenvalue weighted by atomic mass is 32.2. The molecular formula is C21H20FN3O4S. The van der Waals surface area contributed by atoms with Gasteiger partial charge in [0.2, 0.25) is 10.0 Å². The zero-order chi connectivity index (χ0) is 21.8. The normalized spacial score (nSPS) is 14.8. The van der Waals surface area contributed by atoms with Crippen molar-refractivity contribution in [2.24, 2.45) is 0 Å². The number of anilines is 1. The second-order valence-corrected chi connectivity index (χ2v) is 9.36. The highest BCUT2D eigenvalue weighted by molar-refractivity contribution is 7.92. The van der Waals surface area contributed by atoms with Crippen LogP contribution in [-0.2, 0) is 16.6 Å². The number of phenolic OH excluding ortho intramolecular Hbond substituents is 1. The number of hydrogen-bond acceptors (Lipinski definition) is 5. The topological polar surface area (TPSA) is 90.8 Å². The average molecular weight is 429 g/mol. The first-order valence-electron chi connectivity index (χ1n) is 9.24. The summed E-state index contributed by atoms with van der Waals surface area (Å²) in [6.07, 6.45) is 2.54. The van der Waals surface area contributed by atoms with Crippen LogP contribution in [0.15, 0.2) is 42.6 Å². The first-order valence-corrected chi connectivity index (χ1v) is 11.1. The third kappa shape index (κ3) is 3.06. The summed E-state index contributed by atoms with van der Waals surface area (Å²) in [4.78, 5) is 19.0. The first-order chi connectivity index (χ1) is 14.1. The van der Waals surface area contributed by atoms with Crippen molar-refractivity contribution in [1.82, 2.24) is 9.88 Å². The van der Waals surface area contributed by atoms with Gasteiger partial charge in [-0.25, -0.2) is 12.8 Å². The smallest absolute Gasteiger partial charge is 0.258 e. The molecule has 1 unspecified atom stereocenters. The number of benzene rings is 2. The van der Waals surface area contributed by atoms with E-state index in [1.807, 2.05) is 0 Å². The van der Waals surface area contributed by atoms with E-state index in [0.717, 1.165) is 16.1 Å². The fourth-order valence-electron chi connectivity index (χ4n) is 3.86. The van der Waals surface area contributed by atoms with Crippen LogP contribution in [0.25, 0.3) is 10.9 Å². The number of hydrogen-bond donors (Lipinski definition) is 1. The summed E-state index contributed by atoms with van der Waals surface area (Å²) in [5, 5.41) is 11.3. The van der Waals surface area contributed by atoms with Crippen molar-refractivity contribution in [2.45, 2.75) is 19.5 Å². The predicted molar refractivity (Wildman–Crippen MR) is 111 cm³/mol. The molecule has 0 aliphatic carbocycles. The molecule has 9 heteroatoms. The number of nitrogens with zero attached hydrogens (tertiary/aromatic N) is 3. The number of rotatable bonds is 4. The SMILES string of the molecule is CC(c1ccc(F)cc1)N1Cc2c(c(O)c3ncccc3c2N(C)S(C)(=O)=O)C1=O. The fourth-order valence-corrected chi connectivity index (χ4v) is 4.40. The molecule has 156 valence electrons. The van der Waals surface area contributed by atoms with Gasteiger partial charge in [-0.3, -0.25) is 14.1 Å². The van der Waals surface area contributed by atoms with Crippen LogP contribution in [0, 0.1) is 5.82 Å². The van der Waals surface area contributed by atoms with Crippen LogP contribution in [0.1, 0.15) is 34.5 Å². The van der Waals surface area contributed by atoms with Gasteiger partial charge in [-0.1, -0.05) is 12.1 Å². The summed E-state index contributed by atoms with van der Waals surface area (Å²) in [7, 11) is -2.23. The Morgan fingerprint density at radius 2 is 1.90 bits per heavy atom. The van der Waals surface area contributed by atoms with E-state index in [9.17, 15) is 22.7 Å². The van der Waals surface area contributed by atoms with Gasteiger partial charge in [0.15, 0.2) is 5.75 Å². The molecule has 0 saturated carbocycles. The van der Waals surface area contributed by atoms with Crippen LogP contribution >= 0.6 is 0 Å². The van der Waals surface area contributed by atoms with Gasteiger partial charge >= 0.3 is 0 Å². The largest absolute Gasteiger partial charge is 0.505 e. The number of aromatic hydroxyl groups is 1. The number of carbonyl (C=O) groups excluding carboxylic acids is 1. The highest BCUT2D eigenvalue weighted by Gasteiger charge is 2.39. The van der Waals surface area contributed by atoms with E-state index in [4.69, 9.17) is 0 Å². The van der Waals surface area contributed by atoms with Gasteiger partial charge in [0.05, 0.1) is 23.5 Å². The molecule has 1 aromatic heterocycles. The van der Waals surface area contributed by atoms with Crippen LogP contribution < -0.4 is 4.31 Å². The van der Waals surface area contributed by atoms with Crippen molar-refractivity contribution in [3.8, 4) is 5.75 Å². The monoisotopic (exact) mass is 429 g/mol. The summed E-state index contributed by atoms with van der Waals surface area (Å²) < 4.78 is 39.0. The Labute approximate surface area is 173 Å². The molecule has 1 aliphatic heterocycles. The molecule has 30 heavy (non-hydrogen) atoms. The van der Waals surface area contributed by atoms with E-state index in [-0.39, 0.29) is 29.2 Å². The second-order valence-electron chi connectivity index (χ2n) is 7.34. The number of sulfonamides is 1. The lowest BCUT2D eigenvalue weighted by Gasteiger charge is -2.25. The molecule has 2 heterocycles. The minimum Gasteiger partial charge on any atom is -0.505 e. The summed E-state index contributed by atoms with van der Waals surface area (Å²) in [5.74, 6) is -1.09. The highest BCUT2D eigenvalue weighted by Crippen LogP contribution is 2.45. The third-order valence-electron chi connectivity index (χ3n) is 5.55. The van der Waals surface area contributed by atoms with Gasteiger partial charge < -0.3 is 10.0 Å². The maximum atomic E-state index is 13.3. The van der Waals surface area contributed by atoms with E-state index in [0.29, 0.717) is 16.6 Å². The van der Waals surface area contributed by atoms with Gasteiger partial charge in [0.1, 0.15) is 11.3 Å². The van der Waals surface area contributed by atoms with Crippen molar-refractivity contribution in [3.63, 3.8) is 0 Å². The minimum atomic E-state index is -3.64. The van der Waals surface area contributed by atoms with Crippen LogP contribution in [0.4, 0.5) is 10.1 Å². The molecule has 1 aliphatic rings. The van der Waals surface area contributed by atoms with Gasteiger partial charge in [0.25, 0.3) is 5.91 Å². The number of phenols is 1. The molecule has 0 saturated heterocycles. The van der Waals surface area contributed by atoms with E-state index >= 15 is 0 Å². The van der Waals surface area contributed by atoms with Gasteiger partial charge in [-0.2, -0.15) is 0 Å². The molecule has 3 aromatic rings. The van der Waals surface area contributed by atoms with Crippen molar-refractivity contribution >= 4 is 32.5 Å². The number of pyridine rings is 1. The Hall–Kier alpha value is -3.20. The lowest BCUT2D eigenvalue weighted by Crippen LogP contribution is -2.28. The van der Waals surface area contributed by atoms with Crippen LogP contribution in [0.2, 0.25) is 0 Å². The van der Waals surface area contributed by atoms with Crippen LogP contribution in [0.5, 0.6) is 5.75 Å². The van der Waals surface area contributed by atoms with Crippen molar-refractivity contribution in [1.29, 1.82) is 0 Å². The molecule has 1 amide bonds. The van der Waals surface area contributed by atoms with Crippen molar-refractivity contribution in [2.75, 3.05) is 17.6 Å². The molecular weight excluding hydrogens is 409 g/mol. The number of carbonyl (C=O) groups is 1. The van der Waals surface area contributed by atoms with Gasteiger partial charge in [-0.05, 0) is 36.8 Å². The summed E-state index contributed by atoms with van der Waals surface area (Å²) >= 11 is 0. The Morgan fingerprint density at radius 3 is 2.53 bits per heavy atom. The maximum Gasteiger partial charge on any atom is 0.258 e. The maximum absolute atomic E-state index is 13.3. The molecule has 7 nitrogen and oxygen atoms in total. The standard InChI is InChI=1S/C21H20FN3O4S/c1-12(13-6-8-14(22)9-7-13)25-11-16-17(21(25)27)20(26)18-15(5-4-10-23-18)19(16)24(2)30(3,28)29/h4-10,12,26H,11H2,1-3H3. The summed E-state index contributed by atoms with van der Waals surface area (Å²) in [5.41, 5.74) is 1.65. The number of fused-ring (bicyclic) bond motifs is 2. The molecule has 0 bridgehead atoms. The van der Waals surface area contributed by atoms with Crippen molar-refractivity contribution < 1.29 is 22.7 Å². The van der Waals surface area contributed by atoms with E-state index in [1.165, 1.54) is 30.3 Å². The lowest BCUT2D eigenvalue weighted by molar-refractivity contribution is 0.0714. The lowest BCUT2D eigenvalue weighted by atomic mass is 10.0. The summed E-state index contributed by atoms with van der Waals surface area (Å²) in [6, 6.07) is 8.71. The van der Waals surface area contributed by atoms with Crippen LogP contribution in [0.3, 0.4) is 0 Å². The third-order valence-corrected chi connectivity index (χ3v) is 6.72. The van der Waals surface area contributed by atoms with E-state index in [2.05, 4.69) is 4.98 Å². The van der Waals surface area contributed by atoms with Crippen LogP contribution in [-0.4, -0.2) is 42.6 Å². The summed E-state index contributed by atoms with van der Waals surface area (Å²) in [6.45, 7) is 1.90. The van der Waals surface area contributed by atoms with Gasteiger partial charge in [0, 0.05) is 30.7 Å². The number of amides is 1. The fraction of sp³-hybridized carbons (Fsp3) is 0.238. The number of halogens is 1. The molecule has 1 N–H and O–H groups in total. The molecule has 0 radical (unpaired) electrons.